The molecular weight excluding hydrogens is 500 g/mol. The van der Waals surface area contributed by atoms with E-state index in [0.29, 0.717) is 23.3 Å². The van der Waals surface area contributed by atoms with E-state index in [0.717, 1.165) is 38.5 Å². The van der Waals surface area contributed by atoms with Gasteiger partial charge < -0.3 is 25.1 Å². The number of rotatable bonds is 8. The van der Waals surface area contributed by atoms with E-state index in [2.05, 4.69) is 0 Å². The fourth-order valence-corrected chi connectivity index (χ4v) is 8.53. The molecule has 10 heteroatoms. The Morgan fingerprint density at radius 1 is 1.05 bits per heavy atom. The van der Waals surface area contributed by atoms with Crippen LogP contribution in [0, 0.1) is 40.8 Å². The quantitative estimate of drug-likeness (QED) is 0.384. The zero-order valence-corrected chi connectivity index (χ0v) is 21.2. The van der Waals surface area contributed by atoms with E-state index in [4.69, 9.17) is 19.9 Å². The molecule has 0 aliphatic heterocycles. The van der Waals surface area contributed by atoms with Gasteiger partial charge in [0, 0.05) is 18.8 Å². The Morgan fingerprint density at radius 3 is 2.24 bits per heavy atom. The number of alkyl halides is 1. The minimum absolute atomic E-state index is 0.114. The van der Waals surface area contributed by atoms with Gasteiger partial charge in [0.2, 0.25) is 12.0 Å². The van der Waals surface area contributed by atoms with Crippen LogP contribution >= 0.6 is 0 Å². The molecule has 0 heterocycles. The number of hydrogen-bond donors (Lipinski definition) is 2. The molecule has 0 saturated heterocycles. The third kappa shape index (κ3) is 3.86. The topological polar surface area (TPSA) is 125 Å². The van der Waals surface area contributed by atoms with E-state index in [1.807, 2.05) is 0 Å². The Kier molecular flexibility index (Phi) is 5.88. The number of carbonyl (C=O) groups excluding carboxylic acids is 2. The number of carboxylic acid groups (broad SMARTS) is 1. The molecule has 0 unspecified atom stereocenters. The number of fused-ring (bicyclic) bond motifs is 1. The van der Waals surface area contributed by atoms with E-state index in [-0.39, 0.29) is 19.0 Å². The van der Waals surface area contributed by atoms with Gasteiger partial charge in [0.15, 0.2) is 0 Å². The Bertz CT molecular complexity index is 1140. The van der Waals surface area contributed by atoms with Crippen LogP contribution in [-0.2, 0) is 35.2 Å². The number of hydrogen-bond acceptors (Lipinski definition) is 7. The fraction of sp³-hybridized carbons (Fsp3) is 0.679. The lowest BCUT2D eigenvalue weighted by atomic mass is 9.49. The number of nitrogens with two attached hydrogens (primary N) is 1. The van der Waals surface area contributed by atoms with Gasteiger partial charge in [-0.1, -0.05) is 12.1 Å². The molecule has 8 nitrogen and oxygen atoms in total. The normalized spacial score (nSPS) is 42.8. The SMILES string of the molecule is C[C@@H](OC(=O)C12CC3CC(CC(C3)C1)C2)OC(=O)[C@@]1(N)[C@H]2[C@@H](C[C@H]1OCc1cccc(F)c1)[C@]2(F)C(=O)O. The van der Waals surface area contributed by atoms with Crippen molar-refractivity contribution in [2.75, 3.05) is 0 Å². The number of benzene rings is 1. The largest absolute Gasteiger partial charge is 0.479 e. The standard InChI is InChI=1S/C28H33F2NO7/c1-14(37-24(34)26-10-16-5-17(11-26)7-18(6-16)12-26)38-25(35)28(31)21(9-20-22(28)27(20,30)23(32)33)36-13-15-3-2-4-19(29)8-15/h2-4,8,14,16-18,20-22H,5-7,9-13,31H2,1H3,(H,32,33)/t14-,16?,17?,18?,20+,21+,22-,26?,27+,28-/m0/s1. The molecule has 206 valence electrons. The zero-order valence-electron chi connectivity index (χ0n) is 21.2. The van der Waals surface area contributed by atoms with Crippen molar-refractivity contribution in [2.24, 2.45) is 40.7 Å². The Labute approximate surface area is 219 Å². The monoisotopic (exact) mass is 533 g/mol. The van der Waals surface area contributed by atoms with Crippen molar-refractivity contribution in [2.45, 2.75) is 82.1 Å². The Hall–Kier alpha value is -2.59. The van der Waals surface area contributed by atoms with Crippen molar-refractivity contribution < 1.29 is 42.5 Å². The summed E-state index contributed by atoms with van der Waals surface area (Å²) in [6.07, 6.45) is 3.33. The van der Waals surface area contributed by atoms with Crippen LogP contribution in [0.25, 0.3) is 0 Å². The molecular formula is C28H33F2NO7. The van der Waals surface area contributed by atoms with Crippen LogP contribution in [0.4, 0.5) is 8.78 Å². The summed E-state index contributed by atoms with van der Waals surface area (Å²) in [5.41, 5.74) is 1.57. The third-order valence-electron chi connectivity index (χ3n) is 9.84. The average molecular weight is 534 g/mol. The molecule has 0 radical (unpaired) electrons. The number of esters is 2. The van der Waals surface area contributed by atoms with Crippen molar-refractivity contribution in [3.63, 3.8) is 0 Å². The molecule has 1 aromatic rings. The highest BCUT2D eigenvalue weighted by molar-refractivity contribution is 5.91. The maximum Gasteiger partial charge on any atom is 0.342 e. The average Bonchev–Trinajstić information content (AvgIpc) is 3.32. The van der Waals surface area contributed by atoms with Crippen LogP contribution in [0.5, 0.6) is 0 Å². The molecule has 6 aliphatic rings. The highest BCUT2D eigenvalue weighted by Crippen LogP contribution is 2.67. The highest BCUT2D eigenvalue weighted by Gasteiger charge is 2.85. The van der Waals surface area contributed by atoms with Crippen LogP contribution < -0.4 is 5.73 Å². The second kappa shape index (κ2) is 8.71. The summed E-state index contributed by atoms with van der Waals surface area (Å²) in [6.45, 7) is 1.29. The van der Waals surface area contributed by atoms with E-state index in [1.54, 1.807) is 6.07 Å². The molecule has 7 rings (SSSR count). The fourth-order valence-electron chi connectivity index (χ4n) is 8.53. The lowest BCUT2D eigenvalue weighted by Crippen LogP contribution is -2.61. The van der Waals surface area contributed by atoms with Gasteiger partial charge in [0.05, 0.1) is 18.1 Å². The van der Waals surface area contributed by atoms with E-state index in [9.17, 15) is 23.9 Å². The third-order valence-corrected chi connectivity index (χ3v) is 9.84. The predicted molar refractivity (Wildman–Crippen MR) is 127 cm³/mol. The van der Waals surface area contributed by atoms with Crippen molar-refractivity contribution in [3.8, 4) is 0 Å². The summed E-state index contributed by atoms with van der Waals surface area (Å²) in [7, 11) is 0. The van der Waals surface area contributed by atoms with Crippen LogP contribution in [0.15, 0.2) is 24.3 Å². The van der Waals surface area contributed by atoms with E-state index < -0.39 is 58.6 Å². The van der Waals surface area contributed by atoms with Gasteiger partial charge in [-0.05, 0) is 80.4 Å². The second-order valence-corrected chi connectivity index (χ2v) is 12.3. The zero-order chi connectivity index (χ0) is 27.0. The molecule has 1 aromatic carbocycles. The number of carbonyl (C=O) groups is 3. The first-order chi connectivity index (χ1) is 18.0. The number of carboxylic acids is 1. The van der Waals surface area contributed by atoms with Gasteiger partial charge in [0.25, 0.3) is 0 Å². The molecule has 0 aromatic heterocycles. The van der Waals surface area contributed by atoms with Gasteiger partial charge in [-0.15, -0.1) is 0 Å². The van der Waals surface area contributed by atoms with Crippen LogP contribution in [0.1, 0.15) is 57.4 Å². The smallest absolute Gasteiger partial charge is 0.342 e. The minimum atomic E-state index is -2.68. The summed E-state index contributed by atoms with van der Waals surface area (Å²) in [5, 5.41) is 9.48. The predicted octanol–water partition coefficient (Wildman–Crippen LogP) is 3.50. The van der Waals surface area contributed by atoms with Gasteiger partial charge in [0.1, 0.15) is 11.4 Å². The molecule has 6 atom stereocenters. The summed E-state index contributed by atoms with van der Waals surface area (Å²) in [4.78, 5) is 38.3. The van der Waals surface area contributed by atoms with Crippen LogP contribution in [0.2, 0.25) is 0 Å². The van der Waals surface area contributed by atoms with Crippen LogP contribution in [0.3, 0.4) is 0 Å². The summed E-state index contributed by atoms with van der Waals surface area (Å²) in [5.74, 6) is -4.45. The maximum atomic E-state index is 15.3. The first-order valence-electron chi connectivity index (χ1n) is 13.4. The molecule has 6 saturated carbocycles. The highest BCUT2D eigenvalue weighted by atomic mass is 19.1. The van der Waals surface area contributed by atoms with E-state index in [1.165, 1.54) is 25.1 Å². The van der Waals surface area contributed by atoms with Crippen molar-refractivity contribution >= 4 is 17.9 Å². The first kappa shape index (κ1) is 25.7. The lowest BCUT2D eigenvalue weighted by molar-refractivity contribution is -0.206. The number of aliphatic carboxylic acids is 1. The van der Waals surface area contributed by atoms with Gasteiger partial charge in [-0.3, -0.25) is 4.79 Å². The minimum Gasteiger partial charge on any atom is -0.479 e. The molecule has 6 fully saturated rings. The molecule has 6 aliphatic carbocycles. The Balaban J connectivity index is 1.15. The molecule has 4 bridgehead atoms. The summed E-state index contributed by atoms with van der Waals surface area (Å²) in [6, 6.07) is 5.66. The first-order valence-corrected chi connectivity index (χ1v) is 13.4. The molecule has 0 amide bonds. The van der Waals surface area contributed by atoms with Crippen molar-refractivity contribution in [3.05, 3.63) is 35.6 Å². The molecule has 3 N–H and O–H groups in total. The van der Waals surface area contributed by atoms with Gasteiger partial charge >= 0.3 is 17.9 Å². The number of halogens is 2. The molecule has 0 spiro atoms. The lowest BCUT2D eigenvalue weighted by Gasteiger charge is -2.55. The Morgan fingerprint density at radius 2 is 1.66 bits per heavy atom. The maximum absolute atomic E-state index is 15.3. The van der Waals surface area contributed by atoms with Gasteiger partial charge in [-0.2, -0.15) is 0 Å². The van der Waals surface area contributed by atoms with Crippen molar-refractivity contribution in [1.29, 1.82) is 0 Å². The summed E-state index contributed by atoms with van der Waals surface area (Å²) >= 11 is 0. The van der Waals surface area contributed by atoms with E-state index >= 15 is 4.39 Å². The van der Waals surface area contributed by atoms with Crippen molar-refractivity contribution in [1.82, 2.24) is 0 Å². The molecule has 38 heavy (non-hydrogen) atoms. The van der Waals surface area contributed by atoms with Crippen LogP contribution in [-0.4, -0.2) is 46.6 Å². The van der Waals surface area contributed by atoms with Gasteiger partial charge in [-0.25, -0.2) is 18.4 Å². The number of ether oxygens (including phenoxy) is 3. The summed E-state index contributed by atoms with van der Waals surface area (Å²) < 4.78 is 45.7. The second-order valence-electron chi connectivity index (χ2n) is 12.3.